The summed E-state index contributed by atoms with van der Waals surface area (Å²) in [5.74, 6) is 5.37. The van der Waals surface area contributed by atoms with Gasteiger partial charge in [-0.1, -0.05) is 12.1 Å². The van der Waals surface area contributed by atoms with Crippen LogP contribution in [-0.2, 0) is 17.6 Å². The summed E-state index contributed by atoms with van der Waals surface area (Å²) in [5, 5.41) is 3.12. The molecule has 1 aromatic carbocycles. The lowest BCUT2D eigenvalue weighted by molar-refractivity contribution is -0.117. The van der Waals surface area contributed by atoms with Crippen LogP contribution in [0.1, 0.15) is 11.1 Å². The van der Waals surface area contributed by atoms with E-state index >= 15 is 0 Å². The molecule has 17 heavy (non-hydrogen) atoms. The van der Waals surface area contributed by atoms with Crippen molar-refractivity contribution >= 4 is 11.6 Å². The van der Waals surface area contributed by atoms with Crippen molar-refractivity contribution in [3.05, 3.63) is 29.3 Å². The minimum Gasteiger partial charge on any atom is -0.319 e. The van der Waals surface area contributed by atoms with Crippen LogP contribution in [0.5, 0.6) is 0 Å². The van der Waals surface area contributed by atoms with Crippen LogP contribution in [0, 0.1) is 0 Å². The first-order valence-electron chi connectivity index (χ1n) is 5.76. The molecule has 0 aromatic heterocycles. The summed E-state index contributed by atoms with van der Waals surface area (Å²) in [5.41, 5.74) is 5.85. The first-order chi connectivity index (χ1) is 8.26. The van der Waals surface area contributed by atoms with Gasteiger partial charge in [0.2, 0.25) is 5.91 Å². The van der Waals surface area contributed by atoms with Crippen molar-refractivity contribution in [2.24, 2.45) is 5.84 Å². The van der Waals surface area contributed by atoms with Crippen molar-refractivity contribution < 1.29 is 4.79 Å². The average Bonchev–Trinajstić information content (AvgIpc) is 2.63. The quantitative estimate of drug-likeness (QED) is 0.486. The van der Waals surface area contributed by atoms with Crippen molar-refractivity contribution in [3.63, 3.8) is 0 Å². The molecule has 0 aliphatic carbocycles. The molecule has 0 saturated carbocycles. The van der Waals surface area contributed by atoms with Crippen molar-refractivity contribution in [1.82, 2.24) is 10.7 Å². The Labute approximate surface area is 101 Å². The van der Waals surface area contributed by atoms with Gasteiger partial charge in [-0.3, -0.25) is 15.5 Å². The molecule has 1 heterocycles. The first-order valence-corrected chi connectivity index (χ1v) is 5.76. The third kappa shape index (κ3) is 2.46. The maximum absolute atomic E-state index is 11.8. The highest BCUT2D eigenvalue weighted by atomic mass is 16.2. The van der Waals surface area contributed by atoms with Gasteiger partial charge in [0.15, 0.2) is 0 Å². The van der Waals surface area contributed by atoms with Gasteiger partial charge in [-0.05, 0) is 37.2 Å². The number of fused-ring (bicyclic) bond motifs is 1. The van der Waals surface area contributed by atoms with Gasteiger partial charge in [0, 0.05) is 5.69 Å². The predicted molar refractivity (Wildman–Crippen MR) is 67.5 cm³/mol. The number of carbonyl (C=O) groups is 1. The second-order valence-corrected chi connectivity index (χ2v) is 4.18. The lowest BCUT2D eigenvalue weighted by Crippen LogP contribution is -2.39. The van der Waals surface area contributed by atoms with E-state index in [1.165, 1.54) is 5.56 Å². The zero-order valence-electron chi connectivity index (χ0n) is 9.99. The van der Waals surface area contributed by atoms with Crippen molar-refractivity contribution in [3.8, 4) is 0 Å². The van der Waals surface area contributed by atoms with Crippen LogP contribution in [0.4, 0.5) is 5.69 Å². The molecule has 2 rings (SSSR count). The van der Waals surface area contributed by atoms with Gasteiger partial charge in [0.25, 0.3) is 0 Å². The van der Waals surface area contributed by atoms with Crippen LogP contribution in [0.2, 0.25) is 0 Å². The SMILES string of the molecule is CNCCc1ccc2c(c1)CC(=O)N2CNN. The van der Waals surface area contributed by atoms with E-state index in [2.05, 4.69) is 22.9 Å². The Bertz CT molecular complexity index is 419. The lowest BCUT2D eigenvalue weighted by atomic mass is 10.1. The Balaban J connectivity index is 2.18. The Morgan fingerprint density at radius 3 is 3.00 bits per heavy atom. The zero-order chi connectivity index (χ0) is 12.3. The normalized spacial score (nSPS) is 14.2. The summed E-state index contributed by atoms with van der Waals surface area (Å²) in [4.78, 5) is 13.4. The largest absolute Gasteiger partial charge is 0.319 e. The summed E-state index contributed by atoms with van der Waals surface area (Å²) >= 11 is 0. The van der Waals surface area contributed by atoms with Crippen molar-refractivity contribution in [1.29, 1.82) is 0 Å². The average molecular weight is 234 g/mol. The monoisotopic (exact) mass is 234 g/mol. The van der Waals surface area contributed by atoms with Crippen LogP contribution in [-0.4, -0.2) is 26.2 Å². The molecule has 0 radical (unpaired) electrons. The molecule has 0 bridgehead atoms. The van der Waals surface area contributed by atoms with Crippen LogP contribution >= 0.6 is 0 Å². The number of nitrogens with zero attached hydrogens (tertiary/aromatic N) is 1. The second-order valence-electron chi connectivity index (χ2n) is 4.18. The van der Waals surface area contributed by atoms with E-state index in [-0.39, 0.29) is 5.91 Å². The first kappa shape index (κ1) is 12.0. The van der Waals surface area contributed by atoms with Gasteiger partial charge in [0.1, 0.15) is 0 Å². The molecule has 0 spiro atoms. The molecule has 92 valence electrons. The van der Waals surface area contributed by atoms with Gasteiger partial charge in [-0.15, -0.1) is 0 Å². The summed E-state index contributed by atoms with van der Waals surface area (Å²) in [6.07, 6.45) is 1.46. The summed E-state index contributed by atoms with van der Waals surface area (Å²) in [7, 11) is 1.94. The number of anilines is 1. The third-order valence-electron chi connectivity index (χ3n) is 2.99. The number of likely N-dealkylation sites (N-methyl/N-ethyl adjacent to an activating group) is 1. The number of nitrogens with two attached hydrogens (primary N) is 1. The van der Waals surface area contributed by atoms with Gasteiger partial charge in [-0.25, -0.2) is 5.43 Å². The molecular weight excluding hydrogens is 216 g/mol. The maximum Gasteiger partial charge on any atom is 0.232 e. The fraction of sp³-hybridized carbons (Fsp3) is 0.417. The summed E-state index contributed by atoms with van der Waals surface area (Å²) < 4.78 is 0. The van der Waals surface area contributed by atoms with E-state index < -0.39 is 0 Å². The molecule has 0 atom stereocenters. The van der Waals surface area contributed by atoms with Crippen LogP contribution in [0.25, 0.3) is 0 Å². The Hall–Kier alpha value is -1.43. The zero-order valence-corrected chi connectivity index (χ0v) is 9.99. The third-order valence-corrected chi connectivity index (χ3v) is 2.99. The second kappa shape index (κ2) is 5.27. The highest BCUT2D eigenvalue weighted by molar-refractivity contribution is 6.01. The van der Waals surface area contributed by atoms with Gasteiger partial charge in [0.05, 0.1) is 13.1 Å². The van der Waals surface area contributed by atoms with E-state index in [0.29, 0.717) is 13.1 Å². The minimum atomic E-state index is 0.101. The molecule has 5 heteroatoms. The number of hydrazine groups is 1. The molecule has 1 amide bonds. The number of amides is 1. The van der Waals surface area contributed by atoms with Crippen LogP contribution < -0.4 is 21.5 Å². The van der Waals surface area contributed by atoms with E-state index in [0.717, 1.165) is 24.2 Å². The maximum atomic E-state index is 11.8. The molecule has 0 unspecified atom stereocenters. The molecule has 5 nitrogen and oxygen atoms in total. The molecule has 1 aromatic rings. The van der Waals surface area contributed by atoms with Gasteiger partial charge in [-0.2, -0.15) is 0 Å². The van der Waals surface area contributed by atoms with Gasteiger partial charge >= 0.3 is 0 Å². The Morgan fingerprint density at radius 2 is 2.29 bits per heavy atom. The van der Waals surface area contributed by atoms with E-state index in [1.807, 2.05) is 13.1 Å². The Morgan fingerprint density at radius 1 is 1.47 bits per heavy atom. The minimum absolute atomic E-state index is 0.101. The number of hydrogen-bond acceptors (Lipinski definition) is 4. The predicted octanol–water partition coefficient (Wildman–Crippen LogP) is -0.242. The molecule has 1 aliphatic heterocycles. The standard InChI is InChI=1S/C12H18N4O/c1-14-5-4-9-2-3-11-10(6-9)7-12(17)16(11)8-15-13/h2-3,6,14-15H,4-5,7-8,13H2,1H3. The number of carbonyl (C=O) groups excluding carboxylic acids is 1. The highest BCUT2D eigenvalue weighted by Crippen LogP contribution is 2.29. The highest BCUT2D eigenvalue weighted by Gasteiger charge is 2.26. The van der Waals surface area contributed by atoms with Gasteiger partial charge < -0.3 is 5.32 Å². The number of hydrogen-bond donors (Lipinski definition) is 3. The van der Waals surface area contributed by atoms with E-state index in [4.69, 9.17) is 5.84 Å². The van der Waals surface area contributed by atoms with Crippen LogP contribution in [0.3, 0.4) is 0 Å². The summed E-state index contributed by atoms with van der Waals surface area (Å²) in [6.45, 7) is 1.31. The topological polar surface area (TPSA) is 70.4 Å². The number of nitrogens with one attached hydrogen (secondary N) is 2. The lowest BCUT2D eigenvalue weighted by Gasteiger charge is -2.16. The van der Waals surface area contributed by atoms with Crippen LogP contribution in [0.15, 0.2) is 18.2 Å². The molecule has 4 N–H and O–H groups in total. The van der Waals surface area contributed by atoms with E-state index in [1.54, 1.807) is 4.90 Å². The number of rotatable bonds is 5. The fourth-order valence-electron chi connectivity index (χ4n) is 2.13. The van der Waals surface area contributed by atoms with E-state index in [9.17, 15) is 4.79 Å². The molecule has 0 fully saturated rings. The van der Waals surface area contributed by atoms with Crippen molar-refractivity contribution in [2.75, 3.05) is 25.2 Å². The number of benzene rings is 1. The Kier molecular flexibility index (Phi) is 3.73. The fourth-order valence-corrected chi connectivity index (χ4v) is 2.13. The molecule has 1 aliphatic rings. The van der Waals surface area contributed by atoms with Crippen molar-refractivity contribution in [2.45, 2.75) is 12.8 Å². The summed E-state index contributed by atoms with van der Waals surface area (Å²) in [6, 6.07) is 6.18. The molecular formula is C12H18N4O. The smallest absolute Gasteiger partial charge is 0.232 e. The molecule has 0 saturated heterocycles.